The fourth-order valence-electron chi connectivity index (χ4n) is 3.38. The maximum Gasteiger partial charge on any atom is 0.358 e. The lowest BCUT2D eigenvalue weighted by molar-refractivity contribution is 0.0581. The van der Waals surface area contributed by atoms with Crippen LogP contribution in [-0.2, 0) is 17.9 Å². The van der Waals surface area contributed by atoms with E-state index in [2.05, 4.69) is 4.98 Å². The molecule has 0 aliphatic rings. The minimum absolute atomic E-state index is 0.0418. The number of rotatable bonds is 6. The van der Waals surface area contributed by atoms with Gasteiger partial charge >= 0.3 is 5.97 Å². The Kier molecular flexibility index (Phi) is 6.00. The van der Waals surface area contributed by atoms with Gasteiger partial charge in [0.2, 0.25) is 0 Å². The van der Waals surface area contributed by atoms with E-state index in [1.807, 2.05) is 42.5 Å². The second kappa shape index (κ2) is 9.02. The quantitative estimate of drug-likeness (QED) is 0.419. The van der Waals surface area contributed by atoms with Crippen LogP contribution in [-0.4, -0.2) is 22.6 Å². The number of aromatic nitrogens is 2. The van der Waals surface area contributed by atoms with Gasteiger partial charge in [0.1, 0.15) is 6.61 Å². The van der Waals surface area contributed by atoms with Crippen LogP contribution in [0.5, 0.6) is 5.75 Å². The van der Waals surface area contributed by atoms with E-state index in [9.17, 15) is 9.59 Å². The Labute approximate surface area is 183 Å². The molecule has 2 heterocycles. The number of carbonyl (C=O) groups is 1. The van der Waals surface area contributed by atoms with Crippen LogP contribution in [0.1, 0.15) is 21.6 Å². The molecular formula is C24H19ClN2O4. The van der Waals surface area contributed by atoms with Crippen molar-refractivity contribution in [2.24, 2.45) is 0 Å². The van der Waals surface area contributed by atoms with Gasteiger partial charge in [0.25, 0.3) is 5.56 Å². The highest BCUT2D eigenvalue weighted by atomic mass is 35.5. The summed E-state index contributed by atoms with van der Waals surface area (Å²) in [5, 5.41) is 1.28. The number of pyridine rings is 2. The van der Waals surface area contributed by atoms with Gasteiger partial charge in [-0.05, 0) is 41.5 Å². The zero-order valence-corrected chi connectivity index (χ0v) is 17.5. The summed E-state index contributed by atoms with van der Waals surface area (Å²) >= 11 is 6.21. The summed E-state index contributed by atoms with van der Waals surface area (Å²) in [5.41, 5.74) is 1.44. The highest BCUT2D eigenvalue weighted by Crippen LogP contribution is 2.31. The Hall–Kier alpha value is -3.64. The van der Waals surface area contributed by atoms with E-state index in [1.54, 1.807) is 30.6 Å². The predicted molar refractivity (Wildman–Crippen MR) is 119 cm³/mol. The van der Waals surface area contributed by atoms with Crippen molar-refractivity contribution in [3.05, 3.63) is 105 Å². The normalized spacial score (nSPS) is 10.8. The van der Waals surface area contributed by atoms with Crippen LogP contribution >= 0.6 is 11.6 Å². The number of hydrogen-bond donors (Lipinski definition) is 0. The number of carbonyl (C=O) groups excluding carboxylic acids is 1. The standard InChI is InChI=1S/C24H19ClN2O4/c1-30-24(29)21-22(31-15-17-9-11-26-12-10-17)20-13-18(25)7-8-19(20)23(28)27(21)14-16-5-3-2-4-6-16/h2-13H,14-15H2,1H3. The van der Waals surface area contributed by atoms with Crippen LogP contribution in [0.4, 0.5) is 0 Å². The summed E-state index contributed by atoms with van der Waals surface area (Å²) in [5.74, 6) is -0.420. The zero-order valence-electron chi connectivity index (χ0n) is 16.7. The molecule has 31 heavy (non-hydrogen) atoms. The average Bonchev–Trinajstić information content (AvgIpc) is 2.80. The highest BCUT2D eigenvalue weighted by Gasteiger charge is 2.25. The zero-order chi connectivity index (χ0) is 21.8. The van der Waals surface area contributed by atoms with Gasteiger partial charge in [-0.25, -0.2) is 4.79 Å². The Morgan fingerprint density at radius 3 is 2.45 bits per heavy atom. The molecule has 0 aliphatic heterocycles. The lowest BCUT2D eigenvalue weighted by atomic mass is 10.1. The Morgan fingerprint density at radius 1 is 1.00 bits per heavy atom. The monoisotopic (exact) mass is 434 g/mol. The third-order valence-corrected chi connectivity index (χ3v) is 5.12. The average molecular weight is 435 g/mol. The van der Waals surface area contributed by atoms with Gasteiger partial charge in [-0.1, -0.05) is 41.9 Å². The van der Waals surface area contributed by atoms with Crippen molar-refractivity contribution in [2.45, 2.75) is 13.2 Å². The summed E-state index contributed by atoms with van der Waals surface area (Å²) in [4.78, 5) is 30.2. The van der Waals surface area contributed by atoms with E-state index in [0.717, 1.165) is 11.1 Å². The number of benzene rings is 2. The Bertz CT molecular complexity index is 1290. The molecule has 0 amide bonds. The molecule has 0 unspecified atom stereocenters. The van der Waals surface area contributed by atoms with Crippen molar-refractivity contribution >= 4 is 28.3 Å². The first-order valence-corrected chi connectivity index (χ1v) is 9.96. The number of halogens is 1. The SMILES string of the molecule is COC(=O)c1c(OCc2ccncc2)c2cc(Cl)ccc2c(=O)n1Cc1ccccc1. The summed E-state index contributed by atoms with van der Waals surface area (Å²) in [6, 6.07) is 17.9. The van der Waals surface area contributed by atoms with E-state index in [-0.39, 0.29) is 30.2 Å². The summed E-state index contributed by atoms with van der Waals surface area (Å²) in [6.07, 6.45) is 3.32. The van der Waals surface area contributed by atoms with Gasteiger partial charge in [-0.2, -0.15) is 0 Å². The molecule has 0 fully saturated rings. The molecule has 0 atom stereocenters. The fraction of sp³-hybridized carbons (Fsp3) is 0.125. The van der Waals surface area contributed by atoms with Gasteiger partial charge in [0.15, 0.2) is 11.4 Å². The van der Waals surface area contributed by atoms with Crippen molar-refractivity contribution in [1.29, 1.82) is 0 Å². The lowest BCUT2D eigenvalue weighted by Gasteiger charge is -2.19. The smallest absolute Gasteiger partial charge is 0.358 e. The molecule has 0 saturated heterocycles. The third-order valence-electron chi connectivity index (χ3n) is 4.88. The maximum absolute atomic E-state index is 13.4. The molecule has 156 valence electrons. The van der Waals surface area contributed by atoms with Crippen LogP contribution in [0.3, 0.4) is 0 Å². The summed E-state index contributed by atoms with van der Waals surface area (Å²) in [7, 11) is 1.27. The summed E-state index contributed by atoms with van der Waals surface area (Å²) < 4.78 is 12.5. The highest BCUT2D eigenvalue weighted by molar-refractivity contribution is 6.31. The fourth-order valence-corrected chi connectivity index (χ4v) is 3.56. The van der Waals surface area contributed by atoms with Crippen LogP contribution < -0.4 is 10.3 Å². The van der Waals surface area contributed by atoms with Gasteiger partial charge in [-0.15, -0.1) is 0 Å². The number of hydrogen-bond acceptors (Lipinski definition) is 5. The molecule has 7 heteroatoms. The van der Waals surface area contributed by atoms with Gasteiger partial charge in [0, 0.05) is 22.8 Å². The minimum Gasteiger partial charge on any atom is -0.486 e. The first-order chi connectivity index (χ1) is 15.1. The van der Waals surface area contributed by atoms with Gasteiger partial charge in [0.05, 0.1) is 19.0 Å². The van der Waals surface area contributed by atoms with E-state index >= 15 is 0 Å². The second-order valence-corrected chi connectivity index (χ2v) is 7.32. The number of methoxy groups -OCH3 is 1. The molecule has 4 aromatic rings. The van der Waals surface area contributed by atoms with Crippen molar-refractivity contribution in [3.8, 4) is 5.75 Å². The molecule has 0 N–H and O–H groups in total. The maximum atomic E-state index is 13.4. The molecular weight excluding hydrogens is 416 g/mol. The number of esters is 1. The number of fused-ring (bicyclic) bond motifs is 1. The Balaban J connectivity index is 1.94. The van der Waals surface area contributed by atoms with E-state index in [1.165, 1.54) is 11.7 Å². The third kappa shape index (κ3) is 4.29. The van der Waals surface area contributed by atoms with Crippen LogP contribution in [0, 0.1) is 0 Å². The van der Waals surface area contributed by atoms with Gasteiger partial charge in [-0.3, -0.25) is 14.3 Å². The second-order valence-electron chi connectivity index (χ2n) is 6.88. The van der Waals surface area contributed by atoms with E-state index < -0.39 is 5.97 Å². The largest absolute Gasteiger partial charge is 0.486 e. The van der Waals surface area contributed by atoms with Crippen molar-refractivity contribution in [1.82, 2.24) is 9.55 Å². The lowest BCUT2D eigenvalue weighted by Crippen LogP contribution is -2.28. The molecule has 0 radical (unpaired) electrons. The first kappa shape index (κ1) is 20.6. The van der Waals surface area contributed by atoms with E-state index in [0.29, 0.717) is 15.8 Å². The molecule has 6 nitrogen and oxygen atoms in total. The van der Waals surface area contributed by atoms with Crippen molar-refractivity contribution < 1.29 is 14.3 Å². The topological polar surface area (TPSA) is 70.4 Å². The molecule has 4 rings (SSSR count). The predicted octanol–water partition coefficient (Wildman–Crippen LogP) is 4.46. The first-order valence-electron chi connectivity index (χ1n) is 9.58. The molecule has 0 saturated carbocycles. The van der Waals surface area contributed by atoms with Crippen LogP contribution in [0.15, 0.2) is 77.9 Å². The molecule has 0 aliphatic carbocycles. The van der Waals surface area contributed by atoms with Crippen molar-refractivity contribution in [2.75, 3.05) is 7.11 Å². The van der Waals surface area contributed by atoms with Crippen LogP contribution in [0.2, 0.25) is 5.02 Å². The van der Waals surface area contributed by atoms with Crippen LogP contribution in [0.25, 0.3) is 10.8 Å². The molecule has 2 aromatic carbocycles. The molecule has 0 spiro atoms. The van der Waals surface area contributed by atoms with E-state index in [4.69, 9.17) is 21.1 Å². The number of ether oxygens (including phenoxy) is 2. The number of nitrogens with zero attached hydrogens (tertiary/aromatic N) is 2. The minimum atomic E-state index is -0.667. The van der Waals surface area contributed by atoms with Crippen molar-refractivity contribution in [3.63, 3.8) is 0 Å². The molecule has 0 bridgehead atoms. The van der Waals surface area contributed by atoms with Gasteiger partial charge < -0.3 is 9.47 Å². The Morgan fingerprint density at radius 2 is 1.74 bits per heavy atom. The summed E-state index contributed by atoms with van der Waals surface area (Å²) in [6.45, 7) is 0.367. The molecule has 2 aromatic heterocycles.